The molecular weight excluding hydrogens is 224 g/mol. The molecule has 0 aliphatic carbocycles. The van der Waals surface area contributed by atoms with E-state index in [-0.39, 0.29) is 0 Å². The van der Waals surface area contributed by atoms with Gasteiger partial charge in [0.15, 0.2) is 0 Å². The Labute approximate surface area is 111 Å². The van der Waals surface area contributed by atoms with Gasteiger partial charge in [-0.2, -0.15) is 0 Å². The zero-order chi connectivity index (χ0) is 13.1. The highest BCUT2D eigenvalue weighted by atomic mass is 16.3. The molecule has 1 N–H and O–H groups in total. The SMILES string of the molecule is CNCc1cc(CN2CCCC2C(C)C)c(C)o1. The van der Waals surface area contributed by atoms with Gasteiger partial charge in [0.1, 0.15) is 11.5 Å². The summed E-state index contributed by atoms with van der Waals surface area (Å²) in [6.45, 7) is 9.83. The van der Waals surface area contributed by atoms with E-state index in [0.29, 0.717) is 0 Å². The van der Waals surface area contributed by atoms with E-state index in [1.165, 1.54) is 24.9 Å². The highest BCUT2D eigenvalue weighted by molar-refractivity contribution is 5.21. The number of rotatable bonds is 5. The van der Waals surface area contributed by atoms with E-state index < -0.39 is 0 Å². The maximum absolute atomic E-state index is 5.77. The topological polar surface area (TPSA) is 28.4 Å². The van der Waals surface area contributed by atoms with Gasteiger partial charge >= 0.3 is 0 Å². The number of nitrogens with one attached hydrogen (secondary N) is 1. The first-order valence-electron chi connectivity index (χ1n) is 7.08. The number of nitrogens with zero attached hydrogens (tertiary/aromatic N) is 1. The molecule has 1 fully saturated rings. The molecule has 3 heteroatoms. The predicted molar refractivity (Wildman–Crippen MR) is 74.5 cm³/mol. The monoisotopic (exact) mass is 250 g/mol. The fourth-order valence-electron chi connectivity index (χ4n) is 3.03. The van der Waals surface area contributed by atoms with E-state index in [9.17, 15) is 0 Å². The van der Waals surface area contributed by atoms with Crippen molar-refractivity contribution < 1.29 is 4.42 Å². The van der Waals surface area contributed by atoms with Crippen molar-refractivity contribution in [1.82, 2.24) is 10.2 Å². The Hall–Kier alpha value is -0.800. The van der Waals surface area contributed by atoms with E-state index in [1.807, 2.05) is 7.05 Å². The summed E-state index contributed by atoms with van der Waals surface area (Å²) in [5.41, 5.74) is 1.35. The predicted octanol–water partition coefficient (Wildman–Crippen LogP) is 2.93. The molecule has 0 radical (unpaired) electrons. The maximum atomic E-state index is 5.77. The summed E-state index contributed by atoms with van der Waals surface area (Å²) in [6, 6.07) is 2.95. The van der Waals surface area contributed by atoms with E-state index in [1.54, 1.807) is 0 Å². The molecule has 102 valence electrons. The second kappa shape index (κ2) is 5.89. The Bertz CT molecular complexity index is 384. The van der Waals surface area contributed by atoms with Gasteiger partial charge in [-0.1, -0.05) is 13.8 Å². The standard InChI is InChI=1S/C15H26N2O/c1-11(2)15-6-5-7-17(15)10-13-8-14(9-16-4)18-12(13)3/h8,11,15-16H,5-7,9-10H2,1-4H3. The van der Waals surface area contributed by atoms with Gasteiger partial charge in [0.2, 0.25) is 0 Å². The summed E-state index contributed by atoms with van der Waals surface area (Å²) >= 11 is 0. The lowest BCUT2D eigenvalue weighted by molar-refractivity contribution is 0.198. The minimum Gasteiger partial charge on any atom is -0.465 e. The van der Waals surface area contributed by atoms with Crippen molar-refractivity contribution in [3.8, 4) is 0 Å². The number of hydrogen-bond acceptors (Lipinski definition) is 3. The molecular formula is C15H26N2O. The van der Waals surface area contributed by atoms with E-state index in [4.69, 9.17) is 4.42 Å². The summed E-state index contributed by atoms with van der Waals surface area (Å²) in [5, 5.41) is 3.14. The maximum Gasteiger partial charge on any atom is 0.118 e. The van der Waals surface area contributed by atoms with Crippen LogP contribution < -0.4 is 5.32 Å². The highest BCUT2D eigenvalue weighted by Gasteiger charge is 2.27. The summed E-state index contributed by atoms with van der Waals surface area (Å²) in [6.07, 6.45) is 2.68. The summed E-state index contributed by atoms with van der Waals surface area (Å²) < 4.78 is 5.77. The van der Waals surface area contributed by atoms with Crippen molar-refractivity contribution in [2.45, 2.75) is 52.7 Å². The van der Waals surface area contributed by atoms with Crippen LogP contribution in [0.1, 0.15) is 43.8 Å². The minimum absolute atomic E-state index is 0.743. The first-order chi connectivity index (χ1) is 8.61. The van der Waals surface area contributed by atoms with Crippen LogP contribution in [0.4, 0.5) is 0 Å². The van der Waals surface area contributed by atoms with Gasteiger partial charge in [-0.3, -0.25) is 4.90 Å². The van der Waals surface area contributed by atoms with E-state index >= 15 is 0 Å². The minimum atomic E-state index is 0.743. The van der Waals surface area contributed by atoms with Gasteiger partial charge in [-0.05, 0) is 45.3 Å². The Balaban J connectivity index is 2.04. The first kappa shape index (κ1) is 13.6. The molecule has 2 heterocycles. The lowest BCUT2D eigenvalue weighted by atomic mass is 10.0. The Morgan fingerprint density at radius 1 is 1.50 bits per heavy atom. The summed E-state index contributed by atoms with van der Waals surface area (Å²) in [7, 11) is 1.95. The molecule has 1 saturated heterocycles. The molecule has 18 heavy (non-hydrogen) atoms. The number of furan rings is 1. The van der Waals surface area contributed by atoms with Crippen molar-refractivity contribution in [2.24, 2.45) is 5.92 Å². The molecule has 2 rings (SSSR count). The third-order valence-corrected chi connectivity index (χ3v) is 3.98. The Morgan fingerprint density at radius 3 is 2.94 bits per heavy atom. The average molecular weight is 250 g/mol. The summed E-state index contributed by atoms with van der Waals surface area (Å²) in [5.74, 6) is 2.87. The fraction of sp³-hybridized carbons (Fsp3) is 0.733. The van der Waals surface area contributed by atoms with E-state index in [2.05, 4.69) is 37.1 Å². The average Bonchev–Trinajstić information content (AvgIpc) is 2.88. The quantitative estimate of drug-likeness (QED) is 0.871. The van der Waals surface area contributed by atoms with Crippen LogP contribution >= 0.6 is 0 Å². The van der Waals surface area contributed by atoms with Crippen LogP contribution in [0.2, 0.25) is 0 Å². The molecule has 0 spiro atoms. The smallest absolute Gasteiger partial charge is 0.118 e. The molecule has 1 aromatic rings. The zero-order valence-electron chi connectivity index (χ0n) is 12.1. The third kappa shape index (κ3) is 2.96. The second-order valence-corrected chi connectivity index (χ2v) is 5.75. The van der Waals surface area contributed by atoms with Crippen molar-refractivity contribution in [3.63, 3.8) is 0 Å². The molecule has 0 bridgehead atoms. The molecule has 1 aromatic heterocycles. The zero-order valence-corrected chi connectivity index (χ0v) is 12.1. The van der Waals surface area contributed by atoms with Crippen LogP contribution in [0, 0.1) is 12.8 Å². The molecule has 0 aromatic carbocycles. The lowest BCUT2D eigenvalue weighted by Crippen LogP contribution is -2.32. The molecule has 1 unspecified atom stereocenters. The molecule has 1 aliphatic heterocycles. The highest BCUT2D eigenvalue weighted by Crippen LogP contribution is 2.27. The molecule has 0 amide bonds. The van der Waals surface area contributed by atoms with E-state index in [0.717, 1.165) is 36.6 Å². The van der Waals surface area contributed by atoms with Gasteiger partial charge in [-0.25, -0.2) is 0 Å². The second-order valence-electron chi connectivity index (χ2n) is 5.75. The molecule has 0 saturated carbocycles. The normalized spacial score (nSPS) is 21.1. The van der Waals surface area contributed by atoms with Crippen molar-refractivity contribution in [3.05, 3.63) is 23.2 Å². The Kier molecular flexibility index (Phi) is 4.46. The van der Waals surface area contributed by atoms with Gasteiger partial charge < -0.3 is 9.73 Å². The van der Waals surface area contributed by atoms with Crippen molar-refractivity contribution in [2.75, 3.05) is 13.6 Å². The summed E-state index contributed by atoms with van der Waals surface area (Å²) in [4.78, 5) is 2.62. The molecule has 1 aliphatic rings. The number of likely N-dealkylation sites (tertiary alicyclic amines) is 1. The first-order valence-corrected chi connectivity index (χ1v) is 7.08. The van der Waals surface area contributed by atoms with Crippen LogP contribution in [-0.4, -0.2) is 24.5 Å². The largest absolute Gasteiger partial charge is 0.465 e. The van der Waals surface area contributed by atoms with Gasteiger partial charge in [0.25, 0.3) is 0 Å². The molecule has 3 nitrogen and oxygen atoms in total. The number of aryl methyl sites for hydroxylation is 1. The van der Waals surface area contributed by atoms with Gasteiger partial charge in [0, 0.05) is 18.2 Å². The van der Waals surface area contributed by atoms with Crippen LogP contribution in [-0.2, 0) is 13.1 Å². The van der Waals surface area contributed by atoms with Crippen LogP contribution in [0.15, 0.2) is 10.5 Å². The fourth-order valence-corrected chi connectivity index (χ4v) is 3.03. The van der Waals surface area contributed by atoms with Crippen LogP contribution in [0.3, 0.4) is 0 Å². The van der Waals surface area contributed by atoms with Crippen molar-refractivity contribution in [1.29, 1.82) is 0 Å². The Morgan fingerprint density at radius 2 is 2.28 bits per heavy atom. The van der Waals surface area contributed by atoms with Gasteiger partial charge in [0.05, 0.1) is 6.54 Å². The van der Waals surface area contributed by atoms with Crippen molar-refractivity contribution >= 4 is 0 Å². The van der Waals surface area contributed by atoms with Gasteiger partial charge in [-0.15, -0.1) is 0 Å². The van der Waals surface area contributed by atoms with Crippen LogP contribution in [0.5, 0.6) is 0 Å². The molecule has 1 atom stereocenters. The number of hydrogen-bond donors (Lipinski definition) is 1. The lowest BCUT2D eigenvalue weighted by Gasteiger charge is -2.27. The van der Waals surface area contributed by atoms with Crippen LogP contribution in [0.25, 0.3) is 0 Å². The third-order valence-electron chi connectivity index (χ3n) is 3.98.